The number of halogens is 1. The number of carboxylic acid groups (broad SMARTS) is 1. The van der Waals surface area contributed by atoms with Gasteiger partial charge >= 0.3 is 5.97 Å². The van der Waals surface area contributed by atoms with Crippen LogP contribution < -0.4 is 5.56 Å². The summed E-state index contributed by atoms with van der Waals surface area (Å²) in [5.74, 6) is -1.12. The molecule has 4 nitrogen and oxygen atoms in total. The summed E-state index contributed by atoms with van der Waals surface area (Å²) in [6.07, 6.45) is 0.490. The largest absolute Gasteiger partial charge is 0.478 e. The van der Waals surface area contributed by atoms with Crippen molar-refractivity contribution >= 4 is 17.6 Å². The molecule has 0 bridgehead atoms. The first-order valence-electron chi connectivity index (χ1n) is 4.10. The molecule has 0 saturated heterocycles. The van der Waals surface area contributed by atoms with Gasteiger partial charge in [-0.05, 0) is 12.5 Å². The smallest absolute Gasteiger partial charge is 0.338 e. The molecule has 0 spiro atoms. The number of rotatable bonds is 2. The van der Waals surface area contributed by atoms with E-state index in [1.54, 1.807) is 6.92 Å². The zero-order chi connectivity index (χ0) is 10.9. The van der Waals surface area contributed by atoms with Crippen LogP contribution in [-0.2, 0) is 13.5 Å². The first-order chi connectivity index (χ1) is 6.49. The Hall–Kier alpha value is -1.29. The van der Waals surface area contributed by atoms with E-state index in [9.17, 15) is 9.59 Å². The molecule has 0 aliphatic heterocycles. The van der Waals surface area contributed by atoms with Crippen molar-refractivity contribution in [2.24, 2.45) is 7.05 Å². The van der Waals surface area contributed by atoms with Crippen LogP contribution in [-0.4, -0.2) is 15.6 Å². The molecule has 0 aliphatic rings. The van der Waals surface area contributed by atoms with Crippen molar-refractivity contribution in [3.8, 4) is 0 Å². The molecule has 0 fully saturated rings. The lowest BCUT2D eigenvalue weighted by molar-refractivity contribution is 0.0696. The van der Waals surface area contributed by atoms with E-state index in [0.717, 1.165) is 4.57 Å². The highest BCUT2D eigenvalue weighted by molar-refractivity contribution is 6.32. The molecule has 76 valence electrons. The van der Waals surface area contributed by atoms with Crippen molar-refractivity contribution in [2.75, 3.05) is 0 Å². The third kappa shape index (κ3) is 1.65. The van der Waals surface area contributed by atoms with Crippen molar-refractivity contribution < 1.29 is 9.90 Å². The number of pyridine rings is 1. The first-order valence-corrected chi connectivity index (χ1v) is 4.48. The molecule has 1 rings (SSSR count). The van der Waals surface area contributed by atoms with E-state index in [1.807, 2.05) is 0 Å². The standard InChI is InChI=1S/C9H10ClNO3/c1-3-5-4-6(9(13)14)7(10)11(2)8(5)12/h4H,3H2,1-2H3,(H,13,14). The van der Waals surface area contributed by atoms with Gasteiger partial charge in [0, 0.05) is 12.6 Å². The third-order valence-corrected chi connectivity index (χ3v) is 2.48. The second kappa shape index (κ2) is 3.84. The summed E-state index contributed by atoms with van der Waals surface area (Å²) in [4.78, 5) is 22.2. The zero-order valence-corrected chi connectivity index (χ0v) is 8.63. The van der Waals surface area contributed by atoms with E-state index in [4.69, 9.17) is 16.7 Å². The second-order valence-corrected chi connectivity index (χ2v) is 3.25. The summed E-state index contributed by atoms with van der Waals surface area (Å²) in [6.45, 7) is 1.79. The van der Waals surface area contributed by atoms with Crippen LogP contribution in [0.3, 0.4) is 0 Å². The Morgan fingerprint density at radius 2 is 2.21 bits per heavy atom. The molecule has 0 saturated carbocycles. The normalized spacial score (nSPS) is 10.2. The molecule has 14 heavy (non-hydrogen) atoms. The van der Waals surface area contributed by atoms with Gasteiger partial charge in [0.1, 0.15) is 5.15 Å². The van der Waals surface area contributed by atoms with Gasteiger partial charge in [-0.25, -0.2) is 4.79 Å². The van der Waals surface area contributed by atoms with Gasteiger partial charge < -0.3 is 9.67 Å². The second-order valence-electron chi connectivity index (χ2n) is 2.90. The molecular formula is C9H10ClNO3. The fraction of sp³-hybridized carbons (Fsp3) is 0.333. The predicted octanol–water partition coefficient (Wildman–Crippen LogP) is 1.30. The molecule has 1 N–H and O–H groups in total. The lowest BCUT2D eigenvalue weighted by atomic mass is 10.1. The Morgan fingerprint density at radius 1 is 1.64 bits per heavy atom. The van der Waals surface area contributed by atoms with Crippen molar-refractivity contribution in [3.05, 3.63) is 32.7 Å². The molecule has 1 aromatic heterocycles. The maximum Gasteiger partial charge on any atom is 0.338 e. The molecule has 0 atom stereocenters. The molecule has 1 aromatic rings. The number of carboxylic acids is 1. The molecule has 0 aliphatic carbocycles. The van der Waals surface area contributed by atoms with Crippen LogP contribution >= 0.6 is 11.6 Å². The summed E-state index contributed by atoms with van der Waals surface area (Å²) in [6, 6.07) is 1.33. The van der Waals surface area contributed by atoms with Crippen molar-refractivity contribution in [1.29, 1.82) is 0 Å². The van der Waals surface area contributed by atoms with E-state index < -0.39 is 5.97 Å². The molecule has 0 unspecified atom stereocenters. The maximum absolute atomic E-state index is 11.5. The molecular weight excluding hydrogens is 206 g/mol. The van der Waals surface area contributed by atoms with E-state index in [0.29, 0.717) is 12.0 Å². The van der Waals surface area contributed by atoms with Gasteiger partial charge in [-0.1, -0.05) is 18.5 Å². The molecule has 1 heterocycles. The predicted molar refractivity (Wildman–Crippen MR) is 53.0 cm³/mol. The summed E-state index contributed by atoms with van der Waals surface area (Å²) in [7, 11) is 1.45. The maximum atomic E-state index is 11.5. The Labute approximate surface area is 85.7 Å². The third-order valence-electron chi connectivity index (χ3n) is 2.03. The number of aromatic nitrogens is 1. The van der Waals surface area contributed by atoms with Crippen LogP contribution in [0.4, 0.5) is 0 Å². The van der Waals surface area contributed by atoms with Gasteiger partial charge in [0.2, 0.25) is 0 Å². The molecule has 0 aromatic carbocycles. The monoisotopic (exact) mass is 215 g/mol. The van der Waals surface area contributed by atoms with Gasteiger partial charge in [0.15, 0.2) is 0 Å². The van der Waals surface area contributed by atoms with Crippen LogP contribution in [0.15, 0.2) is 10.9 Å². The molecule has 0 radical (unpaired) electrons. The Bertz CT molecular complexity index is 436. The number of aromatic carboxylic acids is 1. The van der Waals surface area contributed by atoms with E-state index in [2.05, 4.69) is 0 Å². The summed E-state index contributed by atoms with van der Waals surface area (Å²) < 4.78 is 1.14. The van der Waals surface area contributed by atoms with Crippen molar-refractivity contribution in [3.63, 3.8) is 0 Å². The summed E-state index contributed by atoms with van der Waals surface area (Å²) in [5.41, 5.74) is 0.169. The Kier molecular flexibility index (Phi) is 2.96. The highest BCUT2D eigenvalue weighted by Crippen LogP contribution is 2.14. The van der Waals surface area contributed by atoms with Crippen LogP contribution in [0, 0.1) is 0 Å². The first kappa shape index (κ1) is 10.8. The quantitative estimate of drug-likeness (QED) is 0.757. The average Bonchev–Trinajstić information content (AvgIpc) is 2.14. The SMILES string of the molecule is CCc1cc(C(=O)O)c(Cl)n(C)c1=O. The number of hydrogen-bond acceptors (Lipinski definition) is 2. The number of carbonyl (C=O) groups is 1. The number of aryl methyl sites for hydroxylation is 1. The van der Waals surface area contributed by atoms with E-state index >= 15 is 0 Å². The van der Waals surface area contributed by atoms with Crippen molar-refractivity contribution in [2.45, 2.75) is 13.3 Å². The highest BCUT2D eigenvalue weighted by Gasteiger charge is 2.14. The van der Waals surface area contributed by atoms with E-state index in [1.165, 1.54) is 13.1 Å². The zero-order valence-electron chi connectivity index (χ0n) is 7.87. The molecule has 5 heteroatoms. The fourth-order valence-electron chi connectivity index (χ4n) is 1.18. The average molecular weight is 216 g/mol. The lowest BCUT2D eigenvalue weighted by Gasteiger charge is -2.07. The van der Waals surface area contributed by atoms with Crippen LogP contribution in [0.1, 0.15) is 22.8 Å². The van der Waals surface area contributed by atoms with Crippen LogP contribution in [0.25, 0.3) is 0 Å². The van der Waals surface area contributed by atoms with Crippen LogP contribution in [0.5, 0.6) is 0 Å². The minimum absolute atomic E-state index is 0.0365. The molecule has 0 amide bonds. The van der Waals surface area contributed by atoms with Gasteiger partial charge in [-0.3, -0.25) is 4.79 Å². The van der Waals surface area contributed by atoms with Crippen molar-refractivity contribution in [1.82, 2.24) is 4.57 Å². The highest BCUT2D eigenvalue weighted by atomic mass is 35.5. The minimum atomic E-state index is -1.12. The van der Waals surface area contributed by atoms with E-state index in [-0.39, 0.29) is 16.3 Å². The van der Waals surface area contributed by atoms with Gasteiger partial charge in [0.25, 0.3) is 5.56 Å². The Balaban J connectivity index is 3.57. The number of hydrogen-bond donors (Lipinski definition) is 1. The summed E-state index contributed by atoms with van der Waals surface area (Å²) in [5, 5.41) is 8.76. The Morgan fingerprint density at radius 3 is 2.64 bits per heavy atom. The summed E-state index contributed by atoms with van der Waals surface area (Å²) >= 11 is 5.70. The van der Waals surface area contributed by atoms with Gasteiger partial charge in [-0.15, -0.1) is 0 Å². The minimum Gasteiger partial charge on any atom is -0.478 e. The topological polar surface area (TPSA) is 59.3 Å². The van der Waals surface area contributed by atoms with Gasteiger partial charge in [-0.2, -0.15) is 0 Å². The lowest BCUT2D eigenvalue weighted by Crippen LogP contribution is -2.23. The number of nitrogens with zero attached hydrogens (tertiary/aromatic N) is 1. The fourth-order valence-corrected chi connectivity index (χ4v) is 1.40. The van der Waals surface area contributed by atoms with Crippen LogP contribution in [0.2, 0.25) is 5.15 Å². The van der Waals surface area contributed by atoms with Gasteiger partial charge in [0.05, 0.1) is 5.56 Å².